The van der Waals surface area contributed by atoms with Crippen molar-refractivity contribution in [3.05, 3.63) is 0 Å². The Labute approximate surface area is 223 Å². The first-order valence-corrected chi connectivity index (χ1v) is 13.8. The van der Waals surface area contributed by atoms with Crippen LogP contribution in [-0.4, -0.2) is 46.3 Å². The van der Waals surface area contributed by atoms with Crippen LogP contribution in [0.15, 0.2) is 0 Å². The normalized spacial score (nSPS) is 19.5. The third-order valence-electron chi connectivity index (χ3n) is 6.82. The topological polar surface area (TPSA) is 162 Å². The van der Waals surface area contributed by atoms with Crippen molar-refractivity contribution in [3.8, 4) is 0 Å². The maximum absolute atomic E-state index is 13.3. The van der Waals surface area contributed by atoms with E-state index in [9.17, 15) is 9.59 Å². The number of carbonyl (C=O) groups is 2. The number of carbonyl (C=O) groups excluding carboxylic acids is 2. The summed E-state index contributed by atoms with van der Waals surface area (Å²) >= 11 is 0. The van der Waals surface area contributed by atoms with Gasteiger partial charge in [-0.05, 0) is 76.5 Å². The fraction of sp³-hybridized carbons (Fsp3) is 0.926. The molecule has 0 aliphatic heterocycles. The molecule has 0 aromatic rings. The Morgan fingerprint density at radius 3 is 1.67 bits per heavy atom. The first-order chi connectivity index (χ1) is 15.7. The van der Waals surface area contributed by atoms with E-state index in [2.05, 4.69) is 47.6 Å². The van der Waals surface area contributed by atoms with Gasteiger partial charge in [-0.3, -0.25) is 9.59 Å². The van der Waals surface area contributed by atoms with Crippen LogP contribution in [0.2, 0.25) is 0 Å². The zero-order valence-corrected chi connectivity index (χ0v) is 26.4. The van der Waals surface area contributed by atoms with E-state index in [4.69, 9.17) is 22.9 Å². The van der Waals surface area contributed by atoms with Crippen LogP contribution in [-0.2, 0) is 9.59 Å². The highest BCUT2D eigenvalue weighted by molar-refractivity contribution is 7.18. The van der Waals surface area contributed by atoms with Crippen molar-refractivity contribution < 1.29 is 9.59 Å². The number of hydrogen-bond donors (Lipinski definition) is 6. The molecular weight excluding hydrogens is 471 g/mol. The molecule has 2 amide bonds. The zero-order valence-electron chi connectivity index (χ0n) is 25.2. The van der Waals surface area contributed by atoms with E-state index in [0.717, 1.165) is 0 Å². The minimum absolute atomic E-state index is 0.0534. The molecule has 8 nitrogen and oxygen atoms in total. The Kier molecular flexibility index (Phi) is 12.1. The number of hydrogen-bond acceptors (Lipinski definition) is 6. The molecule has 0 radical (unpaired) electrons. The SMILES string of the molecule is CC(CC(C)(C)N)C(N)C(=O)NC(C)(C)CC(C)C(NC(=O)C(N)C(C)(C)CC(C)(N)P)C(C)(C)C. The van der Waals surface area contributed by atoms with Crippen LogP contribution in [0.4, 0.5) is 0 Å². The molecule has 0 aliphatic carbocycles. The molecule has 0 fully saturated rings. The average molecular weight is 531 g/mol. The highest BCUT2D eigenvalue weighted by atomic mass is 31.0. The molecule has 0 heterocycles. The molecule has 0 aromatic carbocycles. The van der Waals surface area contributed by atoms with Crippen molar-refractivity contribution in [2.24, 2.45) is 45.6 Å². The van der Waals surface area contributed by atoms with Crippen LogP contribution in [0.3, 0.4) is 0 Å². The number of nitrogens with one attached hydrogen (secondary N) is 2. The maximum Gasteiger partial charge on any atom is 0.237 e. The summed E-state index contributed by atoms with van der Waals surface area (Å²) in [5.41, 5.74) is 23.4. The molecule has 0 aliphatic rings. The molecule has 7 unspecified atom stereocenters. The van der Waals surface area contributed by atoms with Gasteiger partial charge in [0.15, 0.2) is 0 Å². The second-order valence-corrected chi connectivity index (χ2v) is 16.1. The third-order valence-corrected chi connectivity index (χ3v) is 7.02. The molecule has 0 spiro atoms. The standard InChI is InChI=1S/C27H59N6O2P/c1-16(13-25(8,9)30)18(28)21(34)33-26(10,11)14-17(2)20(23(3,4)5)32-22(35)19(29)24(6,7)15-27(12,31)36/h16-20H,13-15,28-31,36H2,1-12H3,(H,32,35)(H,33,34). The second-order valence-electron chi connectivity index (χ2n) is 14.8. The molecule has 36 heavy (non-hydrogen) atoms. The number of rotatable bonds is 13. The van der Waals surface area contributed by atoms with Crippen LogP contribution in [0, 0.1) is 22.7 Å². The Bertz CT molecular complexity index is 734. The molecule has 0 rings (SSSR count). The summed E-state index contributed by atoms with van der Waals surface area (Å²) in [6.07, 6.45) is 1.87. The lowest BCUT2D eigenvalue weighted by atomic mass is 9.74. The summed E-state index contributed by atoms with van der Waals surface area (Å²) in [6, 6.07) is -1.52. The van der Waals surface area contributed by atoms with Gasteiger partial charge in [0, 0.05) is 22.4 Å². The third kappa shape index (κ3) is 12.6. The summed E-state index contributed by atoms with van der Waals surface area (Å²) in [5, 5.41) is 5.84. The first-order valence-electron chi connectivity index (χ1n) is 13.2. The van der Waals surface area contributed by atoms with Gasteiger partial charge in [-0.15, -0.1) is 9.24 Å². The summed E-state index contributed by atoms with van der Waals surface area (Å²) in [6.45, 7) is 24.0. The predicted molar refractivity (Wildman–Crippen MR) is 156 cm³/mol. The molecule has 0 aromatic heterocycles. The zero-order chi connectivity index (χ0) is 29.1. The van der Waals surface area contributed by atoms with E-state index >= 15 is 0 Å². The minimum Gasteiger partial charge on any atom is -0.351 e. The van der Waals surface area contributed by atoms with Crippen molar-refractivity contribution in [2.45, 2.75) is 137 Å². The fourth-order valence-corrected chi connectivity index (χ4v) is 6.03. The summed E-state index contributed by atoms with van der Waals surface area (Å²) in [5.74, 6) is -0.381. The van der Waals surface area contributed by atoms with Gasteiger partial charge in [0.25, 0.3) is 0 Å². The van der Waals surface area contributed by atoms with Crippen molar-refractivity contribution in [2.75, 3.05) is 0 Å². The van der Waals surface area contributed by atoms with E-state index in [0.29, 0.717) is 19.3 Å². The van der Waals surface area contributed by atoms with Crippen LogP contribution >= 0.6 is 9.24 Å². The summed E-state index contributed by atoms with van der Waals surface area (Å²) in [7, 11) is 2.62. The van der Waals surface area contributed by atoms with Gasteiger partial charge < -0.3 is 33.6 Å². The van der Waals surface area contributed by atoms with E-state index in [1.165, 1.54) is 0 Å². The Balaban J connectivity index is 5.48. The highest BCUT2D eigenvalue weighted by Crippen LogP contribution is 2.34. The van der Waals surface area contributed by atoms with Gasteiger partial charge in [-0.25, -0.2) is 0 Å². The van der Waals surface area contributed by atoms with Gasteiger partial charge in [0.1, 0.15) is 0 Å². The van der Waals surface area contributed by atoms with Crippen molar-refractivity contribution in [3.63, 3.8) is 0 Å². The van der Waals surface area contributed by atoms with Crippen LogP contribution in [0.25, 0.3) is 0 Å². The van der Waals surface area contributed by atoms with Crippen LogP contribution in [0.5, 0.6) is 0 Å². The molecule has 10 N–H and O–H groups in total. The maximum atomic E-state index is 13.3. The van der Waals surface area contributed by atoms with E-state index < -0.39 is 33.9 Å². The van der Waals surface area contributed by atoms with E-state index in [-0.39, 0.29) is 35.1 Å². The van der Waals surface area contributed by atoms with Crippen LogP contribution < -0.4 is 33.6 Å². The van der Waals surface area contributed by atoms with Crippen molar-refractivity contribution in [1.82, 2.24) is 10.6 Å². The van der Waals surface area contributed by atoms with Gasteiger partial charge in [0.05, 0.1) is 12.1 Å². The van der Waals surface area contributed by atoms with Gasteiger partial charge in [0.2, 0.25) is 11.8 Å². The number of amides is 2. The summed E-state index contributed by atoms with van der Waals surface area (Å²) < 4.78 is 0. The molecule has 0 saturated heterocycles. The van der Waals surface area contributed by atoms with Gasteiger partial charge in [-0.1, -0.05) is 48.5 Å². The summed E-state index contributed by atoms with van der Waals surface area (Å²) in [4.78, 5) is 26.2. The first kappa shape index (κ1) is 35.2. The lowest BCUT2D eigenvalue weighted by Crippen LogP contribution is -2.59. The molecule has 214 valence electrons. The molecule has 9 heteroatoms. The van der Waals surface area contributed by atoms with Crippen LogP contribution in [0.1, 0.15) is 102 Å². The molecular formula is C27H59N6O2P. The molecule has 7 atom stereocenters. The Hall–Kier alpha value is -0.790. The second kappa shape index (κ2) is 12.4. The minimum atomic E-state index is -0.711. The molecule has 0 bridgehead atoms. The van der Waals surface area contributed by atoms with Gasteiger partial charge >= 0.3 is 0 Å². The van der Waals surface area contributed by atoms with Crippen molar-refractivity contribution >= 4 is 21.1 Å². The molecule has 0 saturated carbocycles. The number of nitrogens with two attached hydrogens (primary N) is 4. The van der Waals surface area contributed by atoms with Crippen molar-refractivity contribution in [1.29, 1.82) is 0 Å². The monoisotopic (exact) mass is 530 g/mol. The quantitative estimate of drug-likeness (QED) is 0.201. The highest BCUT2D eigenvalue weighted by Gasteiger charge is 2.40. The smallest absolute Gasteiger partial charge is 0.237 e. The fourth-order valence-electron chi connectivity index (χ4n) is 5.51. The lowest BCUT2D eigenvalue weighted by molar-refractivity contribution is -0.128. The van der Waals surface area contributed by atoms with Gasteiger partial charge in [-0.2, -0.15) is 0 Å². The Morgan fingerprint density at radius 2 is 1.28 bits per heavy atom. The van der Waals surface area contributed by atoms with E-state index in [1.54, 1.807) is 0 Å². The largest absolute Gasteiger partial charge is 0.351 e. The lowest BCUT2D eigenvalue weighted by Gasteiger charge is -2.42. The average Bonchev–Trinajstić information content (AvgIpc) is 2.59. The Morgan fingerprint density at radius 1 is 0.806 bits per heavy atom. The van der Waals surface area contributed by atoms with E-state index in [1.807, 2.05) is 55.4 Å². The predicted octanol–water partition coefficient (Wildman–Crippen LogP) is 2.82.